The summed E-state index contributed by atoms with van der Waals surface area (Å²) in [6, 6.07) is 8.38. The van der Waals surface area contributed by atoms with Crippen LogP contribution in [0.25, 0.3) is 0 Å². The fourth-order valence-electron chi connectivity index (χ4n) is 4.62. The fourth-order valence-corrected chi connectivity index (χ4v) is 4.62. The van der Waals surface area contributed by atoms with Crippen molar-refractivity contribution in [1.29, 1.82) is 0 Å². The van der Waals surface area contributed by atoms with E-state index in [4.69, 9.17) is 4.74 Å². The summed E-state index contributed by atoms with van der Waals surface area (Å²) >= 11 is 0. The van der Waals surface area contributed by atoms with Crippen molar-refractivity contribution < 1.29 is 9.53 Å². The van der Waals surface area contributed by atoms with Crippen molar-refractivity contribution in [2.75, 3.05) is 31.6 Å². The summed E-state index contributed by atoms with van der Waals surface area (Å²) in [5.41, 5.74) is 1.21. The zero-order valence-electron chi connectivity index (χ0n) is 17.2. The van der Waals surface area contributed by atoms with Gasteiger partial charge < -0.3 is 14.5 Å². The van der Waals surface area contributed by atoms with Crippen molar-refractivity contribution in [3.8, 4) is 5.75 Å². The number of carbonyl (C=O) groups excluding carboxylic acids is 1. The first kappa shape index (κ1) is 19.7. The molecule has 29 heavy (non-hydrogen) atoms. The predicted molar refractivity (Wildman–Crippen MR) is 113 cm³/mol. The van der Waals surface area contributed by atoms with Gasteiger partial charge in [-0.1, -0.05) is 25.0 Å². The Labute approximate surface area is 172 Å². The molecule has 0 bridgehead atoms. The number of likely N-dealkylation sites (tertiary alicyclic amines) is 1. The summed E-state index contributed by atoms with van der Waals surface area (Å²) in [4.78, 5) is 26.6. The molecule has 2 atom stereocenters. The minimum Gasteiger partial charge on any atom is -0.497 e. The lowest BCUT2D eigenvalue weighted by atomic mass is 9.94. The Kier molecular flexibility index (Phi) is 6.27. The van der Waals surface area contributed by atoms with Crippen molar-refractivity contribution in [3.63, 3.8) is 0 Å². The maximum absolute atomic E-state index is 13.6. The molecule has 3 heterocycles. The molecule has 2 aliphatic heterocycles. The Morgan fingerprint density at radius 3 is 2.66 bits per heavy atom. The van der Waals surface area contributed by atoms with Crippen molar-refractivity contribution in [1.82, 2.24) is 14.9 Å². The van der Waals surface area contributed by atoms with Crippen molar-refractivity contribution in [2.24, 2.45) is 5.92 Å². The zero-order valence-corrected chi connectivity index (χ0v) is 17.2. The molecule has 0 N–H and O–H groups in total. The van der Waals surface area contributed by atoms with E-state index in [1.54, 1.807) is 25.7 Å². The number of rotatable bonds is 4. The molecular formula is C23H30N4O2. The fraction of sp³-hybridized carbons (Fsp3) is 0.522. The predicted octanol–water partition coefficient (Wildman–Crippen LogP) is 3.85. The van der Waals surface area contributed by atoms with Gasteiger partial charge in [0.25, 0.3) is 0 Å². The number of methoxy groups -OCH3 is 1. The molecule has 6 nitrogen and oxygen atoms in total. The quantitative estimate of drug-likeness (QED) is 0.788. The first-order valence-electron chi connectivity index (χ1n) is 10.7. The van der Waals surface area contributed by atoms with Gasteiger partial charge in [0.05, 0.1) is 25.3 Å². The van der Waals surface area contributed by atoms with Crippen LogP contribution in [0.3, 0.4) is 0 Å². The van der Waals surface area contributed by atoms with Crippen LogP contribution >= 0.6 is 0 Å². The number of ether oxygens (including phenoxy) is 1. The summed E-state index contributed by atoms with van der Waals surface area (Å²) in [5, 5.41) is 0. The Morgan fingerprint density at radius 1 is 1.03 bits per heavy atom. The lowest BCUT2D eigenvalue weighted by molar-refractivity contribution is -0.138. The standard InChI is InChI=1S/C23H30N4O2/c1-29-20-10-8-18(9-11-20)21-7-3-2-4-15-27(21)23(28)19-6-5-14-26(17-19)22-16-24-12-13-25-22/h8-13,16,19,21H,2-7,14-15,17H2,1H3/t19-,21+/m0/s1. The largest absolute Gasteiger partial charge is 0.497 e. The van der Waals surface area contributed by atoms with Gasteiger partial charge in [0.15, 0.2) is 0 Å². The van der Waals surface area contributed by atoms with Gasteiger partial charge in [0.1, 0.15) is 11.6 Å². The highest BCUT2D eigenvalue weighted by Gasteiger charge is 2.34. The van der Waals surface area contributed by atoms with Gasteiger partial charge in [-0.15, -0.1) is 0 Å². The Hall–Kier alpha value is -2.63. The van der Waals surface area contributed by atoms with Crippen LogP contribution in [0, 0.1) is 5.92 Å². The Morgan fingerprint density at radius 2 is 1.90 bits per heavy atom. The maximum Gasteiger partial charge on any atom is 0.227 e. The first-order valence-corrected chi connectivity index (χ1v) is 10.7. The van der Waals surface area contributed by atoms with E-state index in [1.807, 2.05) is 12.1 Å². The summed E-state index contributed by atoms with van der Waals surface area (Å²) in [6.45, 7) is 2.50. The minimum absolute atomic E-state index is 0.0182. The average Bonchev–Trinajstić information content (AvgIpc) is 3.05. The SMILES string of the molecule is COc1ccc([C@H]2CCCCCN2C(=O)[C@H]2CCCN(c3cnccn3)C2)cc1. The van der Waals surface area contributed by atoms with Crippen LogP contribution in [0.15, 0.2) is 42.9 Å². The van der Waals surface area contributed by atoms with Crippen LogP contribution in [-0.2, 0) is 4.79 Å². The summed E-state index contributed by atoms with van der Waals surface area (Å²) in [5.74, 6) is 2.03. The number of hydrogen-bond donors (Lipinski definition) is 0. The smallest absolute Gasteiger partial charge is 0.227 e. The van der Waals surface area contributed by atoms with Gasteiger partial charge in [0.2, 0.25) is 5.91 Å². The zero-order chi connectivity index (χ0) is 20.1. The molecule has 0 unspecified atom stereocenters. The summed E-state index contributed by atoms with van der Waals surface area (Å²) < 4.78 is 5.31. The highest BCUT2D eigenvalue weighted by atomic mass is 16.5. The highest BCUT2D eigenvalue weighted by Crippen LogP contribution is 2.34. The third-order valence-corrected chi connectivity index (χ3v) is 6.18. The van der Waals surface area contributed by atoms with Crippen molar-refractivity contribution in [2.45, 2.75) is 44.6 Å². The van der Waals surface area contributed by atoms with E-state index in [1.165, 1.54) is 12.0 Å². The third-order valence-electron chi connectivity index (χ3n) is 6.18. The molecule has 2 fully saturated rings. The number of benzene rings is 1. The molecular weight excluding hydrogens is 364 g/mol. The van der Waals surface area contributed by atoms with Crippen LogP contribution in [0.5, 0.6) is 5.75 Å². The average molecular weight is 395 g/mol. The normalized spacial score (nSPS) is 22.8. The topological polar surface area (TPSA) is 58.6 Å². The molecule has 6 heteroatoms. The summed E-state index contributed by atoms with van der Waals surface area (Å²) in [7, 11) is 1.68. The second-order valence-electron chi connectivity index (χ2n) is 8.02. The molecule has 154 valence electrons. The number of aromatic nitrogens is 2. The second-order valence-corrected chi connectivity index (χ2v) is 8.02. The number of hydrogen-bond acceptors (Lipinski definition) is 5. The van der Waals surface area contributed by atoms with Crippen LogP contribution < -0.4 is 9.64 Å². The van der Waals surface area contributed by atoms with Gasteiger partial charge in [-0.25, -0.2) is 4.98 Å². The molecule has 0 radical (unpaired) electrons. The van der Waals surface area contributed by atoms with Gasteiger partial charge in [0, 0.05) is 32.0 Å². The molecule has 1 amide bonds. The Balaban J connectivity index is 1.52. The lowest BCUT2D eigenvalue weighted by Gasteiger charge is -2.38. The van der Waals surface area contributed by atoms with Gasteiger partial charge in [-0.3, -0.25) is 9.78 Å². The number of amides is 1. The molecule has 0 saturated carbocycles. The molecule has 0 spiro atoms. The van der Waals surface area contributed by atoms with Crippen LogP contribution in [0.4, 0.5) is 5.82 Å². The number of carbonyl (C=O) groups is 1. The lowest BCUT2D eigenvalue weighted by Crippen LogP contribution is -2.46. The third kappa shape index (κ3) is 4.52. The van der Waals surface area contributed by atoms with Crippen molar-refractivity contribution in [3.05, 3.63) is 48.4 Å². The second kappa shape index (κ2) is 9.25. The molecule has 2 saturated heterocycles. The number of piperidine rings is 1. The van der Waals surface area contributed by atoms with E-state index >= 15 is 0 Å². The molecule has 0 aliphatic carbocycles. The summed E-state index contributed by atoms with van der Waals surface area (Å²) in [6.07, 6.45) is 11.6. The van der Waals surface area contributed by atoms with Gasteiger partial charge in [-0.05, 0) is 43.4 Å². The van der Waals surface area contributed by atoms with Crippen molar-refractivity contribution >= 4 is 11.7 Å². The van der Waals surface area contributed by atoms with Crippen LogP contribution in [-0.4, -0.2) is 47.5 Å². The number of anilines is 1. The molecule has 2 aliphatic rings. The van der Waals surface area contributed by atoms with Crippen LogP contribution in [0.1, 0.15) is 50.1 Å². The van der Waals surface area contributed by atoms with Crippen LogP contribution in [0.2, 0.25) is 0 Å². The van der Waals surface area contributed by atoms with Gasteiger partial charge in [-0.2, -0.15) is 0 Å². The van der Waals surface area contributed by atoms with E-state index in [9.17, 15) is 4.79 Å². The van der Waals surface area contributed by atoms with E-state index < -0.39 is 0 Å². The number of nitrogens with zero attached hydrogens (tertiary/aromatic N) is 4. The molecule has 4 rings (SSSR count). The molecule has 2 aromatic rings. The van der Waals surface area contributed by atoms with E-state index in [-0.39, 0.29) is 12.0 Å². The maximum atomic E-state index is 13.6. The monoisotopic (exact) mass is 394 g/mol. The Bertz CT molecular complexity index is 796. The van der Waals surface area contributed by atoms with E-state index in [0.29, 0.717) is 5.91 Å². The minimum atomic E-state index is 0.0182. The van der Waals surface area contributed by atoms with E-state index in [2.05, 4.69) is 31.9 Å². The first-order chi connectivity index (χ1) is 14.3. The highest BCUT2D eigenvalue weighted by molar-refractivity contribution is 5.80. The molecule has 1 aromatic carbocycles. The van der Waals surface area contributed by atoms with E-state index in [0.717, 1.165) is 63.3 Å². The molecule has 1 aromatic heterocycles. The van der Waals surface area contributed by atoms with Gasteiger partial charge >= 0.3 is 0 Å².